The van der Waals surface area contributed by atoms with Gasteiger partial charge in [0.05, 0.1) is 6.10 Å². The largest absolute Gasteiger partial charge is 0.466 e. The van der Waals surface area contributed by atoms with Gasteiger partial charge in [-0.1, -0.05) is 30.3 Å². The number of nitrogens with one attached hydrogen (secondary N) is 1. The summed E-state index contributed by atoms with van der Waals surface area (Å²) in [6.45, 7) is 7.45. The van der Waals surface area contributed by atoms with Gasteiger partial charge < -0.3 is 14.8 Å². The lowest BCUT2D eigenvalue weighted by atomic mass is 9.93. The second-order valence-electron chi connectivity index (χ2n) is 5.76. The number of furan rings is 1. The van der Waals surface area contributed by atoms with Crippen LogP contribution < -0.4 is 5.32 Å². The Balaban J connectivity index is 1.95. The number of aliphatic hydroxyl groups is 1. The van der Waals surface area contributed by atoms with Crippen LogP contribution >= 0.6 is 0 Å². The number of hydrogen-bond donors (Lipinski definition) is 2. The maximum absolute atomic E-state index is 9.71. The van der Waals surface area contributed by atoms with Crippen LogP contribution in [-0.2, 0) is 6.54 Å². The highest BCUT2D eigenvalue weighted by Crippen LogP contribution is 2.21. The molecule has 3 nitrogen and oxygen atoms in total. The number of aliphatic hydroxyl groups excluding tert-OH is 1. The minimum atomic E-state index is -0.296. The van der Waals surface area contributed by atoms with Gasteiger partial charge in [-0.15, -0.1) is 0 Å². The van der Waals surface area contributed by atoms with E-state index in [1.165, 1.54) is 11.1 Å². The Morgan fingerprint density at radius 1 is 1.19 bits per heavy atom. The van der Waals surface area contributed by atoms with Crippen LogP contribution in [0.15, 0.2) is 40.8 Å². The van der Waals surface area contributed by atoms with Crippen LogP contribution in [0, 0.1) is 13.8 Å². The van der Waals surface area contributed by atoms with E-state index in [9.17, 15) is 5.11 Å². The molecule has 1 aromatic heterocycles. The first kappa shape index (κ1) is 15.8. The fraction of sp³-hybridized carbons (Fsp3) is 0.444. The predicted octanol–water partition coefficient (Wildman–Crippen LogP) is 3.54. The molecule has 2 atom stereocenters. The zero-order valence-electron chi connectivity index (χ0n) is 13.1. The summed E-state index contributed by atoms with van der Waals surface area (Å²) in [7, 11) is 0. The number of rotatable bonds is 7. The van der Waals surface area contributed by atoms with Crippen molar-refractivity contribution in [2.75, 3.05) is 6.54 Å². The molecule has 0 bridgehead atoms. The SMILES string of the molecule is Cc1cc(CNCC(CC(C)O)c2ccccc2)c(C)o1. The van der Waals surface area contributed by atoms with Crippen molar-refractivity contribution in [1.29, 1.82) is 0 Å². The molecule has 2 aromatic rings. The molecule has 1 heterocycles. The Kier molecular flexibility index (Phi) is 5.59. The molecule has 0 aliphatic rings. The maximum Gasteiger partial charge on any atom is 0.105 e. The molecule has 114 valence electrons. The van der Waals surface area contributed by atoms with Gasteiger partial charge in [0.25, 0.3) is 0 Å². The molecule has 0 aliphatic heterocycles. The molecule has 3 heteroatoms. The van der Waals surface area contributed by atoms with Crippen LogP contribution in [0.1, 0.15) is 41.9 Å². The molecular weight excluding hydrogens is 262 g/mol. The van der Waals surface area contributed by atoms with Crippen molar-refractivity contribution in [2.45, 2.75) is 45.8 Å². The smallest absolute Gasteiger partial charge is 0.105 e. The van der Waals surface area contributed by atoms with Crippen molar-refractivity contribution in [3.8, 4) is 0 Å². The van der Waals surface area contributed by atoms with Crippen molar-refractivity contribution in [1.82, 2.24) is 5.32 Å². The molecule has 2 unspecified atom stereocenters. The summed E-state index contributed by atoms with van der Waals surface area (Å²) >= 11 is 0. The number of aryl methyl sites for hydroxylation is 2. The third-order valence-electron chi connectivity index (χ3n) is 3.75. The standard InChI is InChI=1S/C18H25NO2/c1-13(20)9-18(16-7-5-4-6-8-16)12-19-11-17-10-14(2)21-15(17)3/h4-8,10,13,18-20H,9,11-12H2,1-3H3. The highest BCUT2D eigenvalue weighted by atomic mass is 16.3. The lowest BCUT2D eigenvalue weighted by Gasteiger charge is -2.19. The fourth-order valence-electron chi connectivity index (χ4n) is 2.71. The van der Waals surface area contributed by atoms with Crippen molar-refractivity contribution < 1.29 is 9.52 Å². The second kappa shape index (κ2) is 7.43. The molecule has 0 saturated heterocycles. The molecule has 0 amide bonds. The van der Waals surface area contributed by atoms with E-state index >= 15 is 0 Å². The van der Waals surface area contributed by atoms with Crippen LogP contribution in [0.3, 0.4) is 0 Å². The maximum atomic E-state index is 9.71. The van der Waals surface area contributed by atoms with E-state index in [0.717, 1.165) is 31.0 Å². The quantitative estimate of drug-likeness (QED) is 0.818. The summed E-state index contributed by atoms with van der Waals surface area (Å²) in [4.78, 5) is 0. The summed E-state index contributed by atoms with van der Waals surface area (Å²) in [6.07, 6.45) is 0.468. The third-order valence-corrected chi connectivity index (χ3v) is 3.75. The van der Waals surface area contributed by atoms with Crippen molar-refractivity contribution in [2.24, 2.45) is 0 Å². The summed E-state index contributed by atoms with van der Waals surface area (Å²) in [5.41, 5.74) is 2.47. The molecule has 1 aromatic carbocycles. The Labute approximate surface area is 127 Å². The van der Waals surface area contributed by atoms with E-state index in [1.807, 2.05) is 39.0 Å². The van der Waals surface area contributed by atoms with Crippen LogP contribution in [0.4, 0.5) is 0 Å². The molecule has 0 fully saturated rings. The Bertz CT molecular complexity index is 546. The second-order valence-corrected chi connectivity index (χ2v) is 5.76. The van der Waals surface area contributed by atoms with E-state index in [0.29, 0.717) is 5.92 Å². The average Bonchev–Trinajstić information content (AvgIpc) is 2.76. The first-order valence-corrected chi connectivity index (χ1v) is 7.56. The Hall–Kier alpha value is -1.58. The van der Waals surface area contributed by atoms with Crippen LogP contribution in [0.2, 0.25) is 0 Å². The van der Waals surface area contributed by atoms with Gasteiger partial charge in [0, 0.05) is 18.7 Å². The highest BCUT2D eigenvalue weighted by Gasteiger charge is 2.14. The molecule has 0 spiro atoms. The first-order valence-electron chi connectivity index (χ1n) is 7.56. The average molecular weight is 287 g/mol. The minimum Gasteiger partial charge on any atom is -0.466 e. The van der Waals surface area contributed by atoms with Gasteiger partial charge in [0.2, 0.25) is 0 Å². The van der Waals surface area contributed by atoms with Crippen LogP contribution in [0.25, 0.3) is 0 Å². The van der Waals surface area contributed by atoms with Crippen molar-refractivity contribution in [3.05, 3.63) is 59.0 Å². The predicted molar refractivity (Wildman–Crippen MR) is 85.4 cm³/mol. The van der Waals surface area contributed by atoms with Gasteiger partial charge in [0.15, 0.2) is 0 Å². The number of benzene rings is 1. The first-order chi connectivity index (χ1) is 10.1. The summed E-state index contributed by atoms with van der Waals surface area (Å²) in [6, 6.07) is 12.5. The molecule has 2 rings (SSSR count). The van der Waals surface area contributed by atoms with E-state index in [-0.39, 0.29) is 6.10 Å². The topological polar surface area (TPSA) is 45.4 Å². The fourth-order valence-corrected chi connectivity index (χ4v) is 2.71. The van der Waals surface area contributed by atoms with Gasteiger partial charge in [-0.2, -0.15) is 0 Å². The normalized spacial score (nSPS) is 14.1. The lowest BCUT2D eigenvalue weighted by molar-refractivity contribution is 0.173. The van der Waals surface area contributed by atoms with Gasteiger partial charge in [-0.05, 0) is 44.7 Å². The summed E-state index contributed by atoms with van der Waals surface area (Å²) in [5, 5.41) is 13.2. The van der Waals surface area contributed by atoms with Crippen molar-refractivity contribution in [3.63, 3.8) is 0 Å². The summed E-state index contributed by atoms with van der Waals surface area (Å²) in [5.74, 6) is 2.25. The molecule has 0 saturated carbocycles. The van der Waals surface area contributed by atoms with E-state index < -0.39 is 0 Å². The van der Waals surface area contributed by atoms with Gasteiger partial charge in [0.1, 0.15) is 11.5 Å². The van der Waals surface area contributed by atoms with E-state index in [2.05, 4.69) is 23.5 Å². The third kappa shape index (κ3) is 4.73. The van der Waals surface area contributed by atoms with Gasteiger partial charge >= 0.3 is 0 Å². The minimum absolute atomic E-state index is 0.296. The van der Waals surface area contributed by atoms with Crippen molar-refractivity contribution >= 4 is 0 Å². The molecule has 21 heavy (non-hydrogen) atoms. The van der Waals surface area contributed by atoms with Crippen LogP contribution in [-0.4, -0.2) is 17.8 Å². The van der Waals surface area contributed by atoms with Gasteiger partial charge in [-0.3, -0.25) is 0 Å². The summed E-state index contributed by atoms with van der Waals surface area (Å²) < 4.78 is 5.54. The molecular formula is C18H25NO2. The van der Waals surface area contributed by atoms with E-state index in [4.69, 9.17) is 4.42 Å². The molecule has 0 aliphatic carbocycles. The Morgan fingerprint density at radius 2 is 1.90 bits per heavy atom. The highest BCUT2D eigenvalue weighted by molar-refractivity contribution is 5.21. The lowest BCUT2D eigenvalue weighted by Crippen LogP contribution is -2.23. The molecule has 2 N–H and O–H groups in total. The van der Waals surface area contributed by atoms with E-state index in [1.54, 1.807) is 0 Å². The monoisotopic (exact) mass is 287 g/mol. The number of hydrogen-bond acceptors (Lipinski definition) is 3. The zero-order chi connectivity index (χ0) is 15.2. The zero-order valence-corrected chi connectivity index (χ0v) is 13.1. The van der Waals surface area contributed by atoms with Crippen LogP contribution in [0.5, 0.6) is 0 Å². The molecule has 0 radical (unpaired) electrons. The van der Waals surface area contributed by atoms with Gasteiger partial charge in [-0.25, -0.2) is 0 Å². The Morgan fingerprint density at radius 3 is 2.48 bits per heavy atom.